The Hall–Kier alpha value is -2.70. The van der Waals surface area contributed by atoms with Crippen molar-refractivity contribution < 1.29 is 14.6 Å². The van der Waals surface area contributed by atoms with Crippen molar-refractivity contribution in [2.75, 3.05) is 0 Å². The molecule has 3 aromatic rings. The average molecular weight is 331 g/mol. The van der Waals surface area contributed by atoms with Gasteiger partial charge in [-0.1, -0.05) is 28.9 Å². The summed E-state index contributed by atoms with van der Waals surface area (Å²) in [6, 6.07) is 12.9. The minimum Gasteiger partial charge on any atom is -0.391 e. The Morgan fingerprint density at radius 1 is 1.17 bits per heavy atom. The van der Waals surface area contributed by atoms with Crippen molar-refractivity contribution >= 4 is 17.3 Å². The Bertz CT molecular complexity index is 859. The van der Waals surface area contributed by atoms with Gasteiger partial charge in [0.2, 0.25) is 0 Å². The number of benzene rings is 2. The van der Waals surface area contributed by atoms with E-state index in [9.17, 15) is 15.2 Å². The normalized spacial score (nSPS) is 10.7. The minimum atomic E-state index is -0.475. The van der Waals surface area contributed by atoms with E-state index in [2.05, 4.69) is 5.16 Å². The van der Waals surface area contributed by atoms with E-state index in [1.807, 2.05) is 0 Å². The summed E-state index contributed by atoms with van der Waals surface area (Å²) in [6.07, 6.45) is 0. The van der Waals surface area contributed by atoms with Crippen LogP contribution in [0.5, 0.6) is 0 Å². The van der Waals surface area contributed by atoms with Crippen molar-refractivity contribution in [3.63, 3.8) is 0 Å². The molecule has 0 fully saturated rings. The third kappa shape index (κ3) is 2.94. The molecule has 1 aromatic heterocycles. The van der Waals surface area contributed by atoms with Gasteiger partial charge in [0.1, 0.15) is 5.69 Å². The molecular formula is C16H11ClN2O4. The number of aliphatic hydroxyl groups is 1. The van der Waals surface area contributed by atoms with Crippen LogP contribution in [-0.4, -0.2) is 15.2 Å². The summed E-state index contributed by atoms with van der Waals surface area (Å²) in [5.41, 5.74) is 2.25. The fourth-order valence-electron chi connectivity index (χ4n) is 2.28. The summed E-state index contributed by atoms with van der Waals surface area (Å²) >= 11 is 5.97. The van der Waals surface area contributed by atoms with Crippen LogP contribution in [0.15, 0.2) is 53.1 Å². The SMILES string of the molecule is O=[N+]([O-])c1ccc(-c2noc(-c3cccc(Cl)c3)c2CO)cc1. The summed E-state index contributed by atoms with van der Waals surface area (Å²) < 4.78 is 5.36. The number of hydrogen-bond acceptors (Lipinski definition) is 5. The molecule has 0 saturated heterocycles. The molecule has 0 aliphatic rings. The van der Waals surface area contributed by atoms with Gasteiger partial charge in [0.25, 0.3) is 5.69 Å². The van der Waals surface area contributed by atoms with E-state index >= 15 is 0 Å². The monoisotopic (exact) mass is 330 g/mol. The van der Waals surface area contributed by atoms with Gasteiger partial charge >= 0.3 is 0 Å². The van der Waals surface area contributed by atoms with E-state index in [-0.39, 0.29) is 12.3 Å². The second kappa shape index (κ2) is 6.20. The van der Waals surface area contributed by atoms with Gasteiger partial charge in [-0.3, -0.25) is 10.1 Å². The fraction of sp³-hybridized carbons (Fsp3) is 0.0625. The zero-order chi connectivity index (χ0) is 16.4. The Kier molecular flexibility index (Phi) is 4.10. The van der Waals surface area contributed by atoms with Gasteiger partial charge in [-0.25, -0.2) is 0 Å². The lowest BCUT2D eigenvalue weighted by molar-refractivity contribution is -0.384. The molecule has 0 unspecified atom stereocenters. The first-order valence-corrected chi connectivity index (χ1v) is 7.08. The van der Waals surface area contributed by atoms with Crippen molar-refractivity contribution in [3.05, 3.63) is 69.2 Å². The molecule has 6 nitrogen and oxygen atoms in total. The molecule has 1 N–H and O–H groups in total. The Morgan fingerprint density at radius 2 is 1.91 bits per heavy atom. The van der Waals surface area contributed by atoms with Gasteiger partial charge in [0, 0.05) is 28.3 Å². The number of halogens is 1. The van der Waals surface area contributed by atoms with Gasteiger partial charge in [0.15, 0.2) is 5.76 Å². The molecule has 0 saturated carbocycles. The zero-order valence-electron chi connectivity index (χ0n) is 11.8. The summed E-state index contributed by atoms with van der Waals surface area (Å²) in [5, 5.41) is 24.9. The first kappa shape index (κ1) is 15.2. The van der Waals surface area contributed by atoms with Gasteiger partial charge in [-0.2, -0.15) is 0 Å². The Balaban J connectivity index is 2.06. The van der Waals surface area contributed by atoms with Gasteiger partial charge in [-0.05, 0) is 24.3 Å². The van der Waals surface area contributed by atoms with Gasteiger partial charge < -0.3 is 9.63 Å². The van der Waals surface area contributed by atoms with Crippen LogP contribution in [-0.2, 0) is 6.61 Å². The molecule has 0 atom stereocenters. The highest BCUT2D eigenvalue weighted by atomic mass is 35.5. The van der Waals surface area contributed by atoms with E-state index in [1.165, 1.54) is 12.1 Å². The maximum Gasteiger partial charge on any atom is 0.269 e. The van der Waals surface area contributed by atoms with Crippen molar-refractivity contribution in [2.24, 2.45) is 0 Å². The van der Waals surface area contributed by atoms with Crippen molar-refractivity contribution in [1.82, 2.24) is 5.16 Å². The molecule has 0 bridgehead atoms. The third-order valence-electron chi connectivity index (χ3n) is 3.38. The Labute approximate surface area is 136 Å². The van der Waals surface area contributed by atoms with Gasteiger partial charge in [-0.15, -0.1) is 0 Å². The first-order valence-electron chi connectivity index (χ1n) is 6.70. The average Bonchev–Trinajstić information content (AvgIpc) is 2.98. The molecule has 0 spiro atoms. The van der Waals surface area contributed by atoms with E-state index in [0.29, 0.717) is 33.2 Å². The maximum absolute atomic E-state index is 10.7. The lowest BCUT2D eigenvalue weighted by Crippen LogP contribution is -1.91. The molecule has 0 amide bonds. The van der Waals surface area contributed by atoms with Crippen LogP contribution in [0, 0.1) is 10.1 Å². The lowest BCUT2D eigenvalue weighted by atomic mass is 10.0. The fourth-order valence-corrected chi connectivity index (χ4v) is 2.47. The van der Waals surface area contributed by atoms with Crippen LogP contribution in [0.25, 0.3) is 22.6 Å². The first-order chi connectivity index (χ1) is 11.1. The highest BCUT2D eigenvalue weighted by molar-refractivity contribution is 6.30. The largest absolute Gasteiger partial charge is 0.391 e. The molecule has 3 rings (SSSR count). The number of nitro groups is 1. The highest BCUT2D eigenvalue weighted by Gasteiger charge is 2.19. The number of rotatable bonds is 4. The Morgan fingerprint density at radius 3 is 2.52 bits per heavy atom. The smallest absolute Gasteiger partial charge is 0.269 e. The highest BCUT2D eigenvalue weighted by Crippen LogP contribution is 2.33. The number of nitrogens with zero attached hydrogens (tertiary/aromatic N) is 2. The lowest BCUT2D eigenvalue weighted by Gasteiger charge is -2.02. The third-order valence-corrected chi connectivity index (χ3v) is 3.62. The second-order valence-electron chi connectivity index (χ2n) is 4.81. The molecule has 2 aromatic carbocycles. The summed E-state index contributed by atoms with van der Waals surface area (Å²) in [6.45, 7) is -0.280. The van der Waals surface area contributed by atoms with Crippen molar-refractivity contribution in [1.29, 1.82) is 0 Å². The minimum absolute atomic E-state index is 0.0159. The number of aliphatic hydroxyl groups excluding tert-OH is 1. The number of nitro benzene ring substituents is 1. The van der Waals surface area contributed by atoms with Crippen LogP contribution < -0.4 is 0 Å². The predicted molar refractivity (Wildman–Crippen MR) is 85.0 cm³/mol. The molecule has 0 aliphatic carbocycles. The van der Waals surface area contributed by atoms with Crippen molar-refractivity contribution in [2.45, 2.75) is 6.61 Å². The van der Waals surface area contributed by atoms with Crippen LogP contribution in [0.3, 0.4) is 0 Å². The molecule has 7 heteroatoms. The van der Waals surface area contributed by atoms with E-state index < -0.39 is 4.92 Å². The van der Waals surface area contributed by atoms with Crippen LogP contribution >= 0.6 is 11.6 Å². The summed E-state index contributed by atoms with van der Waals surface area (Å²) in [4.78, 5) is 10.2. The van der Waals surface area contributed by atoms with Crippen LogP contribution in [0.2, 0.25) is 5.02 Å². The molecule has 116 valence electrons. The molecule has 0 aliphatic heterocycles. The molecule has 1 heterocycles. The van der Waals surface area contributed by atoms with E-state index in [0.717, 1.165) is 0 Å². The molecular weight excluding hydrogens is 320 g/mol. The quantitative estimate of drug-likeness (QED) is 0.575. The van der Waals surface area contributed by atoms with Crippen LogP contribution in [0.4, 0.5) is 5.69 Å². The van der Waals surface area contributed by atoms with Crippen LogP contribution in [0.1, 0.15) is 5.56 Å². The predicted octanol–water partition coefficient (Wildman–Crippen LogP) is 4.06. The zero-order valence-corrected chi connectivity index (χ0v) is 12.5. The topological polar surface area (TPSA) is 89.4 Å². The van der Waals surface area contributed by atoms with E-state index in [4.69, 9.17) is 16.1 Å². The van der Waals surface area contributed by atoms with Crippen molar-refractivity contribution in [3.8, 4) is 22.6 Å². The number of aromatic nitrogens is 1. The summed E-state index contributed by atoms with van der Waals surface area (Å²) in [5.74, 6) is 0.420. The second-order valence-corrected chi connectivity index (χ2v) is 5.25. The number of non-ortho nitro benzene ring substituents is 1. The van der Waals surface area contributed by atoms with E-state index in [1.54, 1.807) is 36.4 Å². The summed E-state index contributed by atoms with van der Waals surface area (Å²) in [7, 11) is 0. The maximum atomic E-state index is 10.7. The van der Waals surface area contributed by atoms with Gasteiger partial charge in [0.05, 0.1) is 17.1 Å². The number of hydrogen-bond donors (Lipinski definition) is 1. The molecule has 23 heavy (non-hydrogen) atoms. The molecule has 0 radical (unpaired) electrons. The standard InChI is InChI=1S/C16H11ClN2O4/c17-12-3-1-2-11(8-12)16-14(9-20)15(18-23-16)10-4-6-13(7-5-10)19(21)22/h1-8,20H,9H2.